The zero-order valence-corrected chi connectivity index (χ0v) is 22.5. The smallest absolute Gasteiger partial charge is 0.330 e. The minimum absolute atomic E-state index is 0. The molecule has 35 heavy (non-hydrogen) atoms. The van der Waals surface area contributed by atoms with Gasteiger partial charge in [0, 0.05) is 12.0 Å². The molecule has 0 saturated heterocycles. The first-order valence-corrected chi connectivity index (χ1v) is 11.2. The minimum atomic E-state index is -0.481. The van der Waals surface area contributed by atoms with E-state index in [9.17, 15) is 19.2 Å². The van der Waals surface area contributed by atoms with Crippen LogP contribution in [0.1, 0.15) is 34.1 Å². The first-order chi connectivity index (χ1) is 15.4. The maximum atomic E-state index is 11.8. The minimum Gasteiger partial charge on any atom is -0.459 e. The molecule has 206 valence electrons. The average molecular weight is 505 g/mol. The summed E-state index contributed by atoms with van der Waals surface area (Å²) in [5.74, 6) is -1.95. The highest BCUT2D eigenvalue weighted by molar-refractivity contribution is 5.85. The third-order valence-corrected chi connectivity index (χ3v) is 4.33. The molecule has 0 aromatic rings. The number of primary amides is 2. The number of carbonyl (C=O) groups is 4. The lowest BCUT2D eigenvalue weighted by molar-refractivity contribution is -0.870. The summed E-state index contributed by atoms with van der Waals surface area (Å²) in [7, 11) is 12.3. The van der Waals surface area contributed by atoms with Crippen molar-refractivity contribution in [3.63, 3.8) is 0 Å². The molecule has 0 rings (SSSR count). The van der Waals surface area contributed by atoms with Crippen molar-refractivity contribution in [2.75, 3.05) is 68.6 Å². The Bertz CT molecular complexity index is 651. The zero-order chi connectivity index (χ0) is 27.5. The second-order valence-electron chi connectivity index (χ2n) is 9.82. The Morgan fingerprint density at radius 3 is 1.54 bits per heavy atom. The number of hydrogen-bond donors (Lipinski definition) is 2. The highest BCUT2D eigenvalue weighted by Gasteiger charge is 2.23. The first-order valence-electron chi connectivity index (χ1n) is 11.2. The Morgan fingerprint density at radius 2 is 1.26 bits per heavy atom. The number of ether oxygens (including phenoxy) is 2. The fraction of sp³-hybridized carbons (Fsp3) is 0.680. The molecule has 0 radical (unpaired) electrons. The molecule has 0 aliphatic rings. The number of likely N-dealkylation sites (N-methyl/N-ethyl adjacent to an activating group) is 2. The van der Waals surface area contributed by atoms with Gasteiger partial charge in [0.15, 0.2) is 0 Å². The van der Waals surface area contributed by atoms with Gasteiger partial charge < -0.3 is 29.9 Å². The van der Waals surface area contributed by atoms with Gasteiger partial charge in [-0.15, -0.1) is 0 Å². The van der Waals surface area contributed by atoms with E-state index in [0.29, 0.717) is 26.1 Å². The molecule has 0 bridgehead atoms. The number of carbonyl (C=O) groups excluding carboxylic acids is 4. The van der Waals surface area contributed by atoms with Crippen molar-refractivity contribution in [1.29, 1.82) is 0 Å². The molecule has 10 heteroatoms. The number of hydrogen-bond acceptors (Lipinski definition) is 6. The third-order valence-electron chi connectivity index (χ3n) is 4.33. The molecule has 0 aromatic heterocycles. The van der Waals surface area contributed by atoms with Gasteiger partial charge in [0.25, 0.3) is 0 Å². The van der Waals surface area contributed by atoms with Crippen LogP contribution in [0, 0.1) is 11.8 Å². The Labute approximate surface area is 213 Å². The van der Waals surface area contributed by atoms with Crippen molar-refractivity contribution in [3.8, 4) is 0 Å². The predicted octanol–water partition coefficient (Wildman–Crippen LogP) is 1.49. The summed E-state index contributed by atoms with van der Waals surface area (Å²) in [5.41, 5.74) is 9.74. The number of nitrogens with two attached hydrogens (primary N) is 2. The van der Waals surface area contributed by atoms with Crippen molar-refractivity contribution in [2.24, 2.45) is 23.3 Å². The Hall–Kier alpha value is -2.72. The summed E-state index contributed by atoms with van der Waals surface area (Å²) in [6.45, 7) is 12.5. The summed E-state index contributed by atoms with van der Waals surface area (Å²) >= 11 is 0. The largest absolute Gasteiger partial charge is 0.459 e. The van der Waals surface area contributed by atoms with Crippen molar-refractivity contribution in [2.45, 2.75) is 34.1 Å². The Balaban J connectivity index is -0.000000240. The molecular formula is C25H52N4O6+2. The maximum absolute atomic E-state index is 11.8. The highest BCUT2D eigenvalue weighted by atomic mass is 16.5. The molecule has 2 atom stereocenters. The molecule has 2 amide bonds. The van der Waals surface area contributed by atoms with Crippen LogP contribution >= 0.6 is 0 Å². The summed E-state index contributed by atoms with van der Waals surface area (Å²) in [5, 5.41) is 0. The van der Waals surface area contributed by atoms with E-state index in [-0.39, 0.29) is 37.1 Å². The SMILES string of the molecule is C.C=CC(=O)OCC[N+](C)(C)C.C=CC(N)=O.CCC(CC(C)C(N)=O)C(=O)OCC[N+](C)(C)C. The van der Waals surface area contributed by atoms with Crippen LogP contribution < -0.4 is 11.5 Å². The van der Waals surface area contributed by atoms with Gasteiger partial charge in [0.1, 0.15) is 26.3 Å². The summed E-state index contributed by atoms with van der Waals surface area (Å²) in [6, 6.07) is 0. The van der Waals surface area contributed by atoms with E-state index in [0.717, 1.165) is 28.1 Å². The van der Waals surface area contributed by atoms with E-state index in [2.05, 4.69) is 18.9 Å². The summed E-state index contributed by atoms with van der Waals surface area (Å²) in [6.07, 6.45) is 3.37. The van der Waals surface area contributed by atoms with Gasteiger partial charge in [0.05, 0.1) is 48.2 Å². The van der Waals surface area contributed by atoms with E-state index in [4.69, 9.17) is 15.2 Å². The monoisotopic (exact) mass is 504 g/mol. The lowest BCUT2D eigenvalue weighted by atomic mass is 9.93. The van der Waals surface area contributed by atoms with Gasteiger partial charge in [0.2, 0.25) is 11.8 Å². The predicted molar refractivity (Wildman–Crippen MR) is 141 cm³/mol. The molecule has 2 unspecified atom stereocenters. The molecule has 0 aliphatic heterocycles. The number of esters is 2. The lowest BCUT2D eigenvalue weighted by Gasteiger charge is -2.24. The topological polar surface area (TPSA) is 139 Å². The van der Waals surface area contributed by atoms with Crippen LogP contribution in [0.3, 0.4) is 0 Å². The molecule has 0 aliphatic carbocycles. The van der Waals surface area contributed by atoms with Crippen molar-refractivity contribution in [3.05, 3.63) is 25.3 Å². The molecule has 0 aromatic carbocycles. The molecule has 0 spiro atoms. The van der Waals surface area contributed by atoms with Crippen LogP contribution in [-0.4, -0.2) is 101 Å². The maximum Gasteiger partial charge on any atom is 0.330 e. The number of quaternary nitrogens is 2. The van der Waals surface area contributed by atoms with E-state index < -0.39 is 5.91 Å². The Kier molecular flexibility index (Phi) is 23.3. The van der Waals surface area contributed by atoms with E-state index in [1.54, 1.807) is 6.92 Å². The van der Waals surface area contributed by atoms with E-state index >= 15 is 0 Å². The zero-order valence-electron chi connectivity index (χ0n) is 22.5. The van der Waals surface area contributed by atoms with Crippen LogP contribution in [-0.2, 0) is 28.7 Å². The van der Waals surface area contributed by atoms with Crippen LogP contribution in [0.5, 0.6) is 0 Å². The van der Waals surface area contributed by atoms with Crippen molar-refractivity contribution in [1.82, 2.24) is 0 Å². The van der Waals surface area contributed by atoms with Crippen LogP contribution in [0.15, 0.2) is 25.3 Å². The van der Waals surface area contributed by atoms with Crippen molar-refractivity contribution < 1.29 is 37.6 Å². The van der Waals surface area contributed by atoms with Gasteiger partial charge in [-0.2, -0.15) is 0 Å². The van der Waals surface area contributed by atoms with Crippen LogP contribution in [0.4, 0.5) is 0 Å². The van der Waals surface area contributed by atoms with Gasteiger partial charge in [-0.3, -0.25) is 14.4 Å². The molecule has 0 heterocycles. The standard InChI is InChI=1S/C13H26N2O3.C8H16NO2.C3H5NO.CH4/c1-6-11(9-10(2)12(14)16)13(17)18-8-7-15(3,4)5;1-5-8(10)11-7-6-9(2,3)4;1-2-3(4)5;/h10-11H,6-9H2,1-5H3,(H-,14,16);5H,1,6-7H2,2-4H3;2H,1H2,(H2,4,5);1H4/q;+1;;/p+1. The van der Waals surface area contributed by atoms with E-state index in [1.807, 2.05) is 49.2 Å². The fourth-order valence-electron chi connectivity index (χ4n) is 1.99. The highest BCUT2D eigenvalue weighted by Crippen LogP contribution is 2.17. The quantitative estimate of drug-likeness (QED) is 0.221. The fourth-order valence-corrected chi connectivity index (χ4v) is 1.99. The van der Waals surface area contributed by atoms with Gasteiger partial charge in [-0.25, -0.2) is 4.79 Å². The van der Waals surface area contributed by atoms with Gasteiger partial charge >= 0.3 is 11.9 Å². The molecular weight excluding hydrogens is 452 g/mol. The average Bonchev–Trinajstić information content (AvgIpc) is 2.70. The molecule has 0 fully saturated rings. The third kappa shape index (κ3) is 31.3. The second kappa shape index (κ2) is 20.6. The normalized spacial score (nSPS) is 12.0. The second-order valence-corrected chi connectivity index (χ2v) is 9.82. The van der Waals surface area contributed by atoms with Crippen molar-refractivity contribution >= 4 is 23.8 Å². The number of nitrogens with zero attached hydrogens (tertiary/aromatic N) is 2. The molecule has 0 saturated carbocycles. The van der Waals surface area contributed by atoms with Crippen LogP contribution in [0.25, 0.3) is 0 Å². The molecule has 4 N–H and O–H groups in total. The lowest BCUT2D eigenvalue weighted by Crippen LogP contribution is -2.38. The first kappa shape index (κ1) is 39.5. The summed E-state index contributed by atoms with van der Waals surface area (Å²) < 4.78 is 11.6. The van der Waals surface area contributed by atoms with E-state index in [1.165, 1.54) is 6.08 Å². The van der Waals surface area contributed by atoms with Crippen LogP contribution in [0.2, 0.25) is 0 Å². The number of rotatable bonds is 13. The Morgan fingerprint density at radius 1 is 0.857 bits per heavy atom. The molecule has 10 nitrogen and oxygen atoms in total. The summed E-state index contributed by atoms with van der Waals surface area (Å²) in [4.78, 5) is 42.8. The van der Waals surface area contributed by atoms with Gasteiger partial charge in [-0.1, -0.05) is 34.4 Å². The number of amides is 2. The van der Waals surface area contributed by atoms with Gasteiger partial charge in [-0.05, 0) is 18.9 Å².